The molecule has 0 aliphatic carbocycles. The van der Waals surface area contributed by atoms with Crippen molar-refractivity contribution < 1.29 is 19.1 Å². The number of carbonyl (C=O) groups is 2. The molecule has 0 bridgehead atoms. The number of nitrogens with zero attached hydrogens (tertiary/aromatic N) is 3. The van der Waals surface area contributed by atoms with Crippen LogP contribution >= 0.6 is 0 Å². The number of imide groups is 1. The molecule has 0 spiro atoms. The first-order valence-corrected chi connectivity index (χ1v) is 9.76. The first kappa shape index (κ1) is 18.1. The van der Waals surface area contributed by atoms with Gasteiger partial charge in [-0.05, 0) is 45.4 Å². The second kappa shape index (κ2) is 7.38. The van der Waals surface area contributed by atoms with Gasteiger partial charge in [-0.2, -0.15) is 0 Å². The van der Waals surface area contributed by atoms with E-state index in [9.17, 15) is 9.59 Å². The molecule has 3 aliphatic heterocycles. The van der Waals surface area contributed by atoms with Crippen molar-refractivity contribution in [2.24, 2.45) is 0 Å². The molecule has 146 valence electrons. The Hall–Kier alpha value is -2.28. The Kier molecular flexibility index (Phi) is 4.95. The monoisotopic (exact) mass is 373 g/mol. The van der Waals surface area contributed by atoms with Crippen LogP contribution in [0.4, 0.5) is 4.79 Å². The molecule has 2 saturated heterocycles. The fourth-order valence-corrected chi connectivity index (χ4v) is 4.15. The van der Waals surface area contributed by atoms with Crippen molar-refractivity contribution in [1.29, 1.82) is 0 Å². The molecule has 2 fully saturated rings. The lowest BCUT2D eigenvalue weighted by Gasteiger charge is -2.38. The molecule has 3 heterocycles. The van der Waals surface area contributed by atoms with Crippen molar-refractivity contribution in [2.75, 3.05) is 32.8 Å². The zero-order chi connectivity index (χ0) is 19.0. The van der Waals surface area contributed by atoms with Crippen molar-refractivity contribution in [1.82, 2.24) is 14.7 Å². The average molecular weight is 373 g/mol. The Bertz CT molecular complexity index is 723. The van der Waals surface area contributed by atoms with Crippen LogP contribution in [0.3, 0.4) is 0 Å². The van der Waals surface area contributed by atoms with E-state index in [0.717, 1.165) is 37.4 Å². The van der Waals surface area contributed by atoms with Gasteiger partial charge in [0, 0.05) is 19.1 Å². The van der Waals surface area contributed by atoms with Crippen LogP contribution in [0.1, 0.15) is 26.7 Å². The number of carbonyl (C=O) groups excluding carboxylic acids is 2. The number of para-hydroxylation sites is 2. The minimum absolute atomic E-state index is 0.0407. The summed E-state index contributed by atoms with van der Waals surface area (Å²) in [5.41, 5.74) is 0. The van der Waals surface area contributed by atoms with Crippen molar-refractivity contribution in [3.8, 4) is 11.5 Å². The van der Waals surface area contributed by atoms with E-state index < -0.39 is 0 Å². The minimum atomic E-state index is -0.145. The highest BCUT2D eigenvalue weighted by atomic mass is 16.6. The maximum Gasteiger partial charge on any atom is 0.327 e. The normalized spacial score (nSPS) is 26.2. The van der Waals surface area contributed by atoms with Crippen LogP contribution in [-0.2, 0) is 4.79 Å². The van der Waals surface area contributed by atoms with E-state index in [1.54, 1.807) is 4.90 Å². The third-order valence-electron chi connectivity index (χ3n) is 5.52. The second-order valence-electron chi connectivity index (χ2n) is 7.82. The predicted octanol–water partition coefficient (Wildman–Crippen LogP) is 1.96. The Morgan fingerprint density at radius 1 is 1.19 bits per heavy atom. The average Bonchev–Trinajstić information content (AvgIpc) is 2.96. The topological polar surface area (TPSA) is 62.3 Å². The Labute approximate surface area is 159 Å². The molecule has 7 heteroatoms. The van der Waals surface area contributed by atoms with Crippen LogP contribution in [-0.4, -0.2) is 77.6 Å². The fourth-order valence-electron chi connectivity index (χ4n) is 4.15. The Morgan fingerprint density at radius 3 is 2.70 bits per heavy atom. The number of ether oxygens (including phenoxy) is 2. The molecular formula is C20H27N3O4. The minimum Gasteiger partial charge on any atom is -0.486 e. The summed E-state index contributed by atoms with van der Waals surface area (Å²) in [6, 6.07) is 7.54. The van der Waals surface area contributed by atoms with Gasteiger partial charge in [0.25, 0.3) is 5.91 Å². The summed E-state index contributed by atoms with van der Waals surface area (Å²) >= 11 is 0. The Balaban J connectivity index is 1.38. The second-order valence-corrected chi connectivity index (χ2v) is 7.82. The molecule has 2 atom stereocenters. The van der Waals surface area contributed by atoms with Gasteiger partial charge in [-0.1, -0.05) is 12.1 Å². The molecule has 4 rings (SSSR count). The summed E-state index contributed by atoms with van der Waals surface area (Å²) in [6.07, 6.45) is 1.79. The van der Waals surface area contributed by atoms with Crippen molar-refractivity contribution in [2.45, 2.75) is 44.9 Å². The molecule has 7 nitrogen and oxygen atoms in total. The summed E-state index contributed by atoms with van der Waals surface area (Å²) in [4.78, 5) is 30.5. The third kappa shape index (κ3) is 3.60. The number of amides is 3. The quantitative estimate of drug-likeness (QED) is 0.755. The van der Waals surface area contributed by atoms with E-state index in [1.807, 2.05) is 38.1 Å². The van der Waals surface area contributed by atoms with Crippen molar-refractivity contribution >= 4 is 11.9 Å². The number of urea groups is 1. The largest absolute Gasteiger partial charge is 0.486 e. The summed E-state index contributed by atoms with van der Waals surface area (Å²) in [6.45, 7) is 6.98. The summed E-state index contributed by atoms with van der Waals surface area (Å²) in [7, 11) is 0. The SMILES string of the molecule is CC(C)N1CC(=O)N(C2CCCN(CC3COc4ccccc4O3)C2)C1=O. The van der Waals surface area contributed by atoms with Gasteiger partial charge >= 0.3 is 6.03 Å². The highest BCUT2D eigenvalue weighted by Crippen LogP contribution is 2.31. The molecule has 0 saturated carbocycles. The van der Waals surface area contributed by atoms with Crippen LogP contribution in [0, 0.1) is 0 Å². The maximum atomic E-state index is 12.7. The van der Waals surface area contributed by atoms with Crippen LogP contribution in [0.15, 0.2) is 24.3 Å². The molecule has 0 aromatic heterocycles. The first-order valence-electron chi connectivity index (χ1n) is 9.76. The first-order chi connectivity index (χ1) is 13.0. The molecule has 0 N–H and O–H groups in total. The predicted molar refractivity (Wildman–Crippen MR) is 99.9 cm³/mol. The maximum absolute atomic E-state index is 12.7. The standard InChI is InChI=1S/C20H27N3O4/c1-14(2)22-12-19(24)23(20(22)25)15-6-5-9-21(10-15)11-16-13-26-17-7-3-4-8-18(17)27-16/h3-4,7-8,14-16H,5-6,9-13H2,1-2H3. The highest BCUT2D eigenvalue weighted by Gasteiger charge is 2.42. The number of hydrogen-bond donors (Lipinski definition) is 0. The lowest BCUT2D eigenvalue weighted by molar-refractivity contribution is -0.127. The van der Waals surface area contributed by atoms with Gasteiger partial charge < -0.3 is 14.4 Å². The number of rotatable bonds is 4. The molecule has 0 radical (unpaired) electrons. The van der Waals surface area contributed by atoms with Gasteiger partial charge in [-0.25, -0.2) is 4.79 Å². The van der Waals surface area contributed by atoms with Gasteiger partial charge in [0.05, 0.1) is 6.04 Å². The van der Waals surface area contributed by atoms with Crippen molar-refractivity contribution in [3.63, 3.8) is 0 Å². The van der Waals surface area contributed by atoms with E-state index in [-0.39, 0.29) is 36.7 Å². The molecule has 1 aromatic rings. The molecule has 3 amide bonds. The lowest BCUT2D eigenvalue weighted by atomic mass is 10.0. The molecule has 1 aromatic carbocycles. The zero-order valence-corrected chi connectivity index (χ0v) is 16.0. The summed E-state index contributed by atoms with van der Waals surface area (Å²) in [5, 5.41) is 0. The van der Waals surface area contributed by atoms with E-state index in [1.165, 1.54) is 4.90 Å². The summed E-state index contributed by atoms with van der Waals surface area (Å²) < 4.78 is 11.9. The third-order valence-corrected chi connectivity index (χ3v) is 5.52. The number of benzene rings is 1. The van der Waals surface area contributed by atoms with Crippen LogP contribution in [0.25, 0.3) is 0 Å². The smallest absolute Gasteiger partial charge is 0.327 e. The van der Waals surface area contributed by atoms with Crippen LogP contribution in [0.2, 0.25) is 0 Å². The number of likely N-dealkylation sites (tertiary alicyclic amines) is 1. The molecular weight excluding hydrogens is 346 g/mol. The van der Waals surface area contributed by atoms with E-state index >= 15 is 0 Å². The lowest BCUT2D eigenvalue weighted by Crippen LogP contribution is -2.53. The van der Waals surface area contributed by atoms with Crippen LogP contribution in [0.5, 0.6) is 11.5 Å². The van der Waals surface area contributed by atoms with Gasteiger partial charge in [0.2, 0.25) is 0 Å². The van der Waals surface area contributed by atoms with Gasteiger partial charge in [-0.3, -0.25) is 14.6 Å². The van der Waals surface area contributed by atoms with Gasteiger partial charge in [0.1, 0.15) is 19.3 Å². The summed E-state index contributed by atoms with van der Waals surface area (Å²) in [5.74, 6) is 1.49. The fraction of sp³-hybridized carbons (Fsp3) is 0.600. The number of piperidine rings is 1. The van der Waals surface area contributed by atoms with Gasteiger partial charge in [0.15, 0.2) is 11.5 Å². The number of hydrogen-bond acceptors (Lipinski definition) is 5. The number of fused-ring (bicyclic) bond motifs is 1. The zero-order valence-electron chi connectivity index (χ0n) is 16.0. The molecule has 2 unspecified atom stereocenters. The van der Waals surface area contributed by atoms with Crippen LogP contribution < -0.4 is 9.47 Å². The van der Waals surface area contributed by atoms with E-state index in [2.05, 4.69) is 4.90 Å². The molecule has 3 aliphatic rings. The van der Waals surface area contributed by atoms with E-state index in [4.69, 9.17) is 9.47 Å². The molecule has 27 heavy (non-hydrogen) atoms. The Morgan fingerprint density at radius 2 is 1.96 bits per heavy atom. The van der Waals surface area contributed by atoms with Gasteiger partial charge in [-0.15, -0.1) is 0 Å². The van der Waals surface area contributed by atoms with E-state index in [0.29, 0.717) is 13.2 Å². The highest BCUT2D eigenvalue weighted by molar-refractivity contribution is 6.02. The van der Waals surface area contributed by atoms with Crippen molar-refractivity contribution in [3.05, 3.63) is 24.3 Å².